The van der Waals surface area contributed by atoms with Crippen LogP contribution in [-0.2, 0) is 6.42 Å². The van der Waals surface area contributed by atoms with Crippen molar-refractivity contribution in [2.75, 3.05) is 0 Å². The fraction of sp³-hybridized carbons (Fsp3) is 0.125. The molecule has 0 atom stereocenters. The number of alkyl halides is 3. The average Bonchev–Trinajstić information content (AvgIpc) is 2.97. The van der Waals surface area contributed by atoms with E-state index in [-0.39, 0.29) is 29.0 Å². The van der Waals surface area contributed by atoms with Gasteiger partial charge in [-0.05, 0) is 11.6 Å². The lowest BCUT2D eigenvalue weighted by atomic mass is 10.1. The first-order valence-electron chi connectivity index (χ1n) is 7.43. The molecule has 0 saturated heterocycles. The molecule has 0 spiro atoms. The van der Waals surface area contributed by atoms with E-state index in [2.05, 4.69) is 15.0 Å². The zero-order valence-electron chi connectivity index (χ0n) is 13.4. The Hall–Kier alpha value is -3.37. The van der Waals surface area contributed by atoms with Crippen molar-refractivity contribution in [2.24, 2.45) is 10.7 Å². The minimum Gasteiger partial charge on any atom is -0.382 e. The molecule has 0 bridgehead atoms. The Bertz CT molecular complexity index is 1050. The molecular formula is C16H11F5N6. The van der Waals surface area contributed by atoms with Gasteiger partial charge in [0.1, 0.15) is 11.5 Å². The largest absolute Gasteiger partial charge is 0.451 e. The normalized spacial score (nSPS) is 12.6. The van der Waals surface area contributed by atoms with Gasteiger partial charge in [0.2, 0.25) is 11.8 Å². The predicted octanol–water partition coefficient (Wildman–Crippen LogP) is 2.84. The van der Waals surface area contributed by atoms with E-state index in [9.17, 15) is 22.0 Å². The molecule has 27 heavy (non-hydrogen) atoms. The van der Waals surface area contributed by atoms with Gasteiger partial charge in [0, 0.05) is 12.6 Å². The van der Waals surface area contributed by atoms with Crippen molar-refractivity contribution in [3.05, 3.63) is 65.4 Å². The van der Waals surface area contributed by atoms with E-state index in [1.54, 1.807) is 6.07 Å². The summed E-state index contributed by atoms with van der Waals surface area (Å²) in [5.74, 6) is -4.01. The Kier molecular flexibility index (Phi) is 4.60. The van der Waals surface area contributed by atoms with Crippen LogP contribution >= 0.6 is 0 Å². The van der Waals surface area contributed by atoms with E-state index in [1.165, 1.54) is 18.2 Å². The lowest BCUT2D eigenvalue weighted by Gasteiger charge is -2.09. The van der Waals surface area contributed by atoms with Gasteiger partial charge in [-0.3, -0.25) is 9.81 Å². The standard InChI is InChI=1S/C16H11F5N6/c17-9-4-2-1-3-8(9)5-10-14-24-6-12(18)27(14)7-11(25-10)13(22)26-15(23)16(19,20)21/h1-4,6-7H,5H2,(H3,22,23,26). The van der Waals surface area contributed by atoms with E-state index >= 15 is 0 Å². The molecule has 140 valence electrons. The number of amidine groups is 2. The Balaban J connectivity index is 2.10. The molecule has 1 aromatic carbocycles. The highest BCUT2D eigenvalue weighted by molar-refractivity contribution is 6.04. The number of imidazole rings is 1. The van der Waals surface area contributed by atoms with Crippen molar-refractivity contribution in [2.45, 2.75) is 12.6 Å². The van der Waals surface area contributed by atoms with Crippen LogP contribution in [0.3, 0.4) is 0 Å². The summed E-state index contributed by atoms with van der Waals surface area (Å²) in [5, 5.41) is 6.89. The quantitative estimate of drug-likeness (QED) is 0.415. The highest BCUT2D eigenvalue weighted by Gasteiger charge is 2.35. The maximum absolute atomic E-state index is 13.9. The monoisotopic (exact) mass is 382 g/mol. The van der Waals surface area contributed by atoms with Crippen LogP contribution in [0.2, 0.25) is 0 Å². The summed E-state index contributed by atoms with van der Waals surface area (Å²) in [6.45, 7) is 0. The Labute approximate surface area is 148 Å². The van der Waals surface area contributed by atoms with Crippen molar-refractivity contribution < 1.29 is 22.0 Å². The van der Waals surface area contributed by atoms with Gasteiger partial charge >= 0.3 is 6.18 Å². The van der Waals surface area contributed by atoms with Crippen molar-refractivity contribution in [3.63, 3.8) is 0 Å². The number of hydrogen-bond donors (Lipinski definition) is 2. The van der Waals surface area contributed by atoms with Gasteiger partial charge in [0.15, 0.2) is 11.5 Å². The summed E-state index contributed by atoms with van der Waals surface area (Å²) < 4.78 is 66.2. The predicted molar refractivity (Wildman–Crippen MR) is 86.7 cm³/mol. The number of nitrogens with zero attached hydrogens (tertiary/aromatic N) is 4. The number of nitrogens with two attached hydrogens (primary N) is 1. The number of halogens is 5. The van der Waals surface area contributed by atoms with Crippen LogP contribution in [0, 0.1) is 17.2 Å². The van der Waals surface area contributed by atoms with E-state index in [0.717, 1.165) is 16.8 Å². The fourth-order valence-corrected chi connectivity index (χ4v) is 2.33. The molecule has 3 rings (SSSR count). The third-order valence-corrected chi connectivity index (χ3v) is 3.60. The van der Waals surface area contributed by atoms with Gasteiger partial charge in [-0.1, -0.05) is 18.2 Å². The molecule has 0 radical (unpaired) electrons. The van der Waals surface area contributed by atoms with E-state index in [1.807, 2.05) is 0 Å². The number of nitrogens with one attached hydrogen (secondary N) is 1. The van der Waals surface area contributed by atoms with Crippen LogP contribution in [0.15, 0.2) is 41.7 Å². The van der Waals surface area contributed by atoms with Gasteiger partial charge in [0.25, 0.3) is 0 Å². The summed E-state index contributed by atoms with van der Waals surface area (Å²) in [6, 6.07) is 5.78. The van der Waals surface area contributed by atoms with E-state index in [0.29, 0.717) is 0 Å². The minimum absolute atomic E-state index is 0.0539. The highest BCUT2D eigenvalue weighted by atomic mass is 19.4. The first-order chi connectivity index (χ1) is 12.7. The molecule has 0 aliphatic rings. The van der Waals surface area contributed by atoms with Crippen LogP contribution < -0.4 is 5.73 Å². The molecule has 3 aromatic rings. The van der Waals surface area contributed by atoms with Gasteiger partial charge in [-0.15, -0.1) is 0 Å². The van der Waals surface area contributed by atoms with Crippen LogP contribution in [0.5, 0.6) is 0 Å². The third kappa shape index (κ3) is 3.76. The van der Waals surface area contributed by atoms with E-state index < -0.39 is 29.6 Å². The summed E-state index contributed by atoms with van der Waals surface area (Å²) in [7, 11) is 0. The smallest absolute Gasteiger partial charge is 0.382 e. The molecule has 0 unspecified atom stereocenters. The van der Waals surface area contributed by atoms with Crippen molar-refractivity contribution >= 4 is 17.3 Å². The van der Waals surface area contributed by atoms with Gasteiger partial charge in [0.05, 0.1) is 11.9 Å². The molecule has 0 saturated carbocycles. The average molecular weight is 382 g/mol. The SMILES string of the molecule is N=C(/N=C(\N)c1cn2c(F)cnc2c(Cc2ccccc2F)n1)C(F)(F)F. The maximum atomic E-state index is 13.9. The number of rotatable bonds is 3. The van der Waals surface area contributed by atoms with Gasteiger partial charge in [-0.25, -0.2) is 19.4 Å². The second-order valence-corrected chi connectivity index (χ2v) is 5.46. The van der Waals surface area contributed by atoms with Crippen molar-refractivity contribution in [3.8, 4) is 0 Å². The number of aromatic nitrogens is 3. The topological polar surface area (TPSA) is 92.4 Å². The third-order valence-electron chi connectivity index (χ3n) is 3.60. The molecule has 0 aliphatic carbocycles. The zero-order chi connectivity index (χ0) is 19.8. The Morgan fingerprint density at radius 3 is 2.59 bits per heavy atom. The molecule has 0 fully saturated rings. The van der Waals surface area contributed by atoms with Crippen molar-refractivity contribution in [1.29, 1.82) is 5.41 Å². The maximum Gasteiger partial charge on any atom is 0.451 e. The Morgan fingerprint density at radius 2 is 1.93 bits per heavy atom. The molecule has 0 aliphatic heterocycles. The summed E-state index contributed by atoms with van der Waals surface area (Å²) in [6.07, 6.45) is -3.21. The molecule has 2 aromatic heterocycles. The summed E-state index contributed by atoms with van der Waals surface area (Å²) in [4.78, 5) is 10.9. The molecule has 2 heterocycles. The lowest BCUT2D eigenvalue weighted by Crippen LogP contribution is -2.25. The van der Waals surface area contributed by atoms with Crippen LogP contribution in [0.4, 0.5) is 22.0 Å². The van der Waals surface area contributed by atoms with Gasteiger partial charge in [-0.2, -0.15) is 17.6 Å². The van der Waals surface area contributed by atoms with Crippen molar-refractivity contribution in [1.82, 2.24) is 14.4 Å². The second-order valence-electron chi connectivity index (χ2n) is 5.46. The number of hydrogen-bond acceptors (Lipinski definition) is 3. The molecule has 0 amide bonds. The second kappa shape index (κ2) is 6.74. The summed E-state index contributed by atoms with van der Waals surface area (Å²) >= 11 is 0. The molecule has 6 nitrogen and oxygen atoms in total. The summed E-state index contributed by atoms with van der Waals surface area (Å²) in [5.41, 5.74) is 5.57. The first kappa shape index (κ1) is 18.4. The fourth-order valence-electron chi connectivity index (χ4n) is 2.33. The first-order valence-corrected chi connectivity index (χ1v) is 7.43. The van der Waals surface area contributed by atoms with E-state index in [4.69, 9.17) is 11.1 Å². The number of benzene rings is 1. The highest BCUT2D eigenvalue weighted by Crippen LogP contribution is 2.19. The van der Waals surface area contributed by atoms with Gasteiger partial charge < -0.3 is 5.73 Å². The lowest BCUT2D eigenvalue weighted by molar-refractivity contribution is -0.0604. The molecular weight excluding hydrogens is 371 g/mol. The zero-order valence-corrected chi connectivity index (χ0v) is 13.4. The minimum atomic E-state index is -5.00. The Morgan fingerprint density at radius 1 is 1.22 bits per heavy atom. The molecule has 11 heteroatoms. The van der Waals surface area contributed by atoms with Crippen LogP contribution in [0.1, 0.15) is 17.0 Å². The number of aliphatic imine (C=N–C) groups is 1. The van der Waals surface area contributed by atoms with Crippen LogP contribution in [-0.4, -0.2) is 32.2 Å². The van der Waals surface area contributed by atoms with Crippen LogP contribution in [0.25, 0.3) is 5.65 Å². The molecule has 3 N–H and O–H groups in total. The number of fused-ring (bicyclic) bond motifs is 1.